The zero-order chi connectivity index (χ0) is 28.0. The molecule has 39 heavy (non-hydrogen) atoms. The Bertz CT molecular complexity index is 1500. The van der Waals surface area contributed by atoms with Gasteiger partial charge < -0.3 is 14.8 Å². The number of hydrogen-bond acceptors (Lipinski definition) is 7. The van der Waals surface area contributed by atoms with Crippen LogP contribution in [-0.4, -0.2) is 77.8 Å². The van der Waals surface area contributed by atoms with Crippen molar-refractivity contribution >= 4 is 26.0 Å². The Labute approximate surface area is 229 Å². The third-order valence-corrected chi connectivity index (χ3v) is 10.3. The standard InChI is InChI=1S/C27H31N3O7S2/c1-36-25-14-13-21(19-26(25)37-2)15-16-28-27(31)24-20-29(38(32,33)22-9-5-3-6-10-22)17-18-30(24)39(34,35)23-11-7-4-8-12-23/h3-14,19,24H,15-18,20H2,1-2H3,(H,28,31). The molecule has 1 atom stereocenters. The van der Waals surface area contributed by atoms with Crippen LogP contribution in [-0.2, 0) is 31.3 Å². The molecule has 0 spiro atoms. The Morgan fingerprint density at radius 2 is 1.41 bits per heavy atom. The van der Waals surface area contributed by atoms with Gasteiger partial charge in [-0.05, 0) is 48.4 Å². The van der Waals surface area contributed by atoms with Gasteiger partial charge in [-0.15, -0.1) is 0 Å². The van der Waals surface area contributed by atoms with Crippen LogP contribution in [0.25, 0.3) is 0 Å². The summed E-state index contributed by atoms with van der Waals surface area (Å²) in [5.41, 5.74) is 0.874. The average Bonchev–Trinajstić information content (AvgIpc) is 2.97. The normalized spacial score (nSPS) is 16.9. The molecule has 1 fully saturated rings. The molecule has 1 aliphatic heterocycles. The molecule has 1 amide bonds. The first kappa shape index (κ1) is 28.6. The zero-order valence-corrected chi connectivity index (χ0v) is 23.3. The molecule has 0 aromatic heterocycles. The van der Waals surface area contributed by atoms with Crippen molar-refractivity contribution in [2.45, 2.75) is 22.3 Å². The molecular formula is C27H31N3O7S2. The smallest absolute Gasteiger partial charge is 0.243 e. The second kappa shape index (κ2) is 12.2. The Hall–Kier alpha value is -3.45. The third kappa shape index (κ3) is 6.25. The minimum atomic E-state index is -4.06. The first-order valence-electron chi connectivity index (χ1n) is 12.3. The van der Waals surface area contributed by atoms with Crippen molar-refractivity contribution in [3.05, 3.63) is 84.4 Å². The highest BCUT2D eigenvalue weighted by Crippen LogP contribution is 2.28. The van der Waals surface area contributed by atoms with Gasteiger partial charge in [0.15, 0.2) is 11.5 Å². The Morgan fingerprint density at radius 3 is 2.00 bits per heavy atom. The van der Waals surface area contributed by atoms with Gasteiger partial charge in [-0.2, -0.15) is 8.61 Å². The number of amides is 1. The van der Waals surface area contributed by atoms with Crippen molar-refractivity contribution in [1.29, 1.82) is 0 Å². The predicted octanol–water partition coefficient (Wildman–Crippen LogP) is 2.13. The maximum Gasteiger partial charge on any atom is 0.243 e. The van der Waals surface area contributed by atoms with Gasteiger partial charge in [0.2, 0.25) is 26.0 Å². The fraction of sp³-hybridized carbons (Fsp3) is 0.296. The molecule has 1 aliphatic rings. The number of rotatable bonds is 10. The Balaban J connectivity index is 1.56. The SMILES string of the molecule is COc1ccc(CCNC(=O)C2CN(S(=O)(=O)c3ccccc3)CCN2S(=O)(=O)c2ccccc2)cc1OC. The summed E-state index contributed by atoms with van der Waals surface area (Å²) in [5.74, 6) is 0.549. The molecule has 1 unspecified atom stereocenters. The van der Waals surface area contributed by atoms with Crippen molar-refractivity contribution in [2.24, 2.45) is 0 Å². The maximum atomic E-state index is 13.5. The van der Waals surface area contributed by atoms with Crippen LogP contribution in [0.4, 0.5) is 0 Å². The molecule has 0 radical (unpaired) electrons. The highest BCUT2D eigenvalue weighted by molar-refractivity contribution is 7.89. The number of benzene rings is 3. The van der Waals surface area contributed by atoms with E-state index in [9.17, 15) is 21.6 Å². The number of nitrogens with zero attached hydrogens (tertiary/aromatic N) is 2. The summed E-state index contributed by atoms with van der Waals surface area (Å²) in [6, 6.07) is 19.8. The van der Waals surface area contributed by atoms with E-state index in [4.69, 9.17) is 9.47 Å². The summed E-state index contributed by atoms with van der Waals surface area (Å²) in [6.07, 6.45) is 0.441. The van der Waals surface area contributed by atoms with E-state index in [0.717, 1.165) is 14.2 Å². The van der Waals surface area contributed by atoms with E-state index in [-0.39, 0.29) is 36.0 Å². The molecule has 0 bridgehead atoms. The average molecular weight is 574 g/mol. The van der Waals surface area contributed by atoms with E-state index in [0.29, 0.717) is 17.9 Å². The molecule has 208 valence electrons. The largest absolute Gasteiger partial charge is 0.493 e. The molecule has 3 aromatic rings. The second-order valence-corrected chi connectivity index (χ2v) is 12.7. The van der Waals surface area contributed by atoms with Crippen molar-refractivity contribution < 1.29 is 31.1 Å². The van der Waals surface area contributed by atoms with E-state index < -0.39 is 32.0 Å². The van der Waals surface area contributed by atoms with Crippen LogP contribution in [0.2, 0.25) is 0 Å². The summed E-state index contributed by atoms with van der Waals surface area (Å²) in [4.78, 5) is 13.5. The lowest BCUT2D eigenvalue weighted by atomic mass is 10.1. The molecule has 4 rings (SSSR count). The van der Waals surface area contributed by atoms with Crippen molar-refractivity contribution in [3.8, 4) is 11.5 Å². The summed E-state index contributed by atoms with van der Waals surface area (Å²) in [6.45, 7) is -0.364. The van der Waals surface area contributed by atoms with Crippen molar-refractivity contribution in [2.75, 3.05) is 40.4 Å². The summed E-state index contributed by atoms with van der Waals surface area (Å²) in [5, 5.41) is 2.79. The molecule has 1 N–H and O–H groups in total. The molecule has 0 aliphatic carbocycles. The van der Waals surface area contributed by atoms with E-state index in [1.807, 2.05) is 6.07 Å². The number of ether oxygens (including phenoxy) is 2. The molecule has 3 aromatic carbocycles. The van der Waals surface area contributed by atoms with E-state index in [1.54, 1.807) is 55.6 Å². The van der Waals surface area contributed by atoms with Crippen molar-refractivity contribution in [1.82, 2.24) is 13.9 Å². The van der Waals surface area contributed by atoms with Crippen LogP contribution in [0.1, 0.15) is 5.56 Å². The Morgan fingerprint density at radius 1 is 0.821 bits per heavy atom. The first-order chi connectivity index (χ1) is 18.7. The minimum absolute atomic E-state index is 0.0347. The van der Waals surface area contributed by atoms with E-state index >= 15 is 0 Å². The van der Waals surface area contributed by atoms with Crippen LogP contribution < -0.4 is 14.8 Å². The fourth-order valence-electron chi connectivity index (χ4n) is 4.41. The summed E-state index contributed by atoms with van der Waals surface area (Å²) < 4.78 is 66.4. The van der Waals surface area contributed by atoms with Crippen LogP contribution >= 0.6 is 0 Å². The molecule has 0 saturated carbocycles. The van der Waals surface area contributed by atoms with Crippen molar-refractivity contribution in [3.63, 3.8) is 0 Å². The van der Waals surface area contributed by atoms with Gasteiger partial charge in [-0.25, -0.2) is 16.8 Å². The van der Waals surface area contributed by atoms with Gasteiger partial charge in [0.1, 0.15) is 6.04 Å². The monoisotopic (exact) mass is 573 g/mol. The third-order valence-electron chi connectivity index (χ3n) is 6.49. The van der Waals surface area contributed by atoms with Crippen LogP contribution in [0.5, 0.6) is 11.5 Å². The number of carbonyl (C=O) groups is 1. The number of nitrogens with one attached hydrogen (secondary N) is 1. The highest BCUT2D eigenvalue weighted by atomic mass is 32.2. The second-order valence-electron chi connectivity index (χ2n) is 8.85. The van der Waals surface area contributed by atoms with Gasteiger partial charge in [-0.3, -0.25) is 4.79 Å². The summed E-state index contributed by atoms with van der Waals surface area (Å²) in [7, 11) is -4.93. The van der Waals surface area contributed by atoms with Gasteiger partial charge >= 0.3 is 0 Å². The maximum absolute atomic E-state index is 13.5. The van der Waals surface area contributed by atoms with Gasteiger partial charge in [0, 0.05) is 26.2 Å². The molecular weight excluding hydrogens is 542 g/mol. The number of hydrogen-bond donors (Lipinski definition) is 1. The topological polar surface area (TPSA) is 122 Å². The van der Waals surface area contributed by atoms with Crippen LogP contribution in [0.15, 0.2) is 88.7 Å². The predicted molar refractivity (Wildman–Crippen MR) is 146 cm³/mol. The number of sulfonamides is 2. The fourth-order valence-corrected chi connectivity index (χ4v) is 7.46. The lowest BCUT2D eigenvalue weighted by Crippen LogP contribution is -2.61. The number of piperazine rings is 1. The first-order valence-corrected chi connectivity index (χ1v) is 15.2. The zero-order valence-electron chi connectivity index (χ0n) is 21.7. The van der Waals surface area contributed by atoms with Crippen LogP contribution in [0.3, 0.4) is 0 Å². The van der Waals surface area contributed by atoms with Gasteiger partial charge in [0.05, 0.1) is 24.0 Å². The van der Waals surface area contributed by atoms with Gasteiger partial charge in [-0.1, -0.05) is 42.5 Å². The molecule has 10 nitrogen and oxygen atoms in total. The van der Waals surface area contributed by atoms with Crippen LogP contribution in [0, 0.1) is 0 Å². The van der Waals surface area contributed by atoms with E-state index in [2.05, 4.69) is 5.32 Å². The minimum Gasteiger partial charge on any atom is -0.493 e. The number of carbonyl (C=O) groups excluding carboxylic acids is 1. The molecule has 1 heterocycles. The lowest BCUT2D eigenvalue weighted by molar-refractivity contribution is -0.125. The quantitative estimate of drug-likeness (QED) is 0.394. The van der Waals surface area contributed by atoms with E-state index in [1.165, 1.54) is 31.4 Å². The Kier molecular flexibility index (Phi) is 8.90. The molecule has 12 heteroatoms. The lowest BCUT2D eigenvalue weighted by Gasteiger charge is -2.39. The highest BCUT2D eigenvalue weighted by Gasteiger charge is 2.43. The summed E-state index contributed by atoms with van der Waals surface area (Å²) >= 11 is 0. The molecule has 1 saturated heterocycles. The van der Waals surface area contributed by atoms with Gasteiger partial charge in [0.25, 0.3) is 0 Å². The number of methoxy groups -OCH3 is 2.